The van der Waals surface area contributed by atoms with Crippen LogP contribution in [0.3, 0.4) is 0 Å². The third kappa shape index (κ3) is 1.60. The van der Waals surface area contributed by atoms with Gasteiger partial charge in [0, 0.05) is 15.7 Å². The third-order valence-electron chi connectivity index (χ3n) is 2.13. The summed E-state index contributed by atoms with van der Waals surface area (Å²) in [5.74, 6) is 0. The van der Waals surface area contributed by atoms with Crippen molar-refractivity contribution in [3.8, 4) is 0 Å². The van der Waals surface area contributed by atoms with Crippen molar-refractivity contribution in [1.29, 1.82) is 0 Å². The molecule has 2 aromatic carbocycles. The average molecular weight is 224 g/mol. The molecule has 0 heterocycles. The maximum atomic E-state index is 11.3. The van der Waals surface area contributed by atoms with Crippen LogP contribution in [0.4, 0.5) is 0 Å². The molecule has 0 aliphatic carbocycles. The number of rotatable bonds is 1. The van der Waals surface area contributed by atoms with E-state index in [1.807, 2.05) is 6.26 Å². The first-order chi connectivity index (χ1) is 6.65. The predicted molar refractivity (Wildman–Crippen MR) is 60.5 cm³/mol. The van der Waals surface area contributed by atoms with Crippen LogP contribution >= 0.6 is 11.8 Å². The standard InChI is InChI=1S/C10H6O3S.H2O/c1-14-5-2-3-6-7(4-5)9(12)10(13)8(6)11;/h2-4H,1H3;1H2. The molecule has 78 valence electrons. The average Bonchev–Trinajstić information content (AvgIpc) is 2.44. The summed E-state index contributed by atoms with van der Waals surface area (Å²) in [6.45, 7) is 0. The van der Waals surface area contributed by atoms with E-state index in [0.717, 1.165) is 4.90 Å². The topological polar surface area (TPSA) is 82.7 Å². The van der Waals surface area contributed by atoms with Gasteiger partial charge >= 0.3 is 0 Å². The lowest BCUT2D eigenvalue weighted by Crippen LogP contribution is -2.29. The molecule has 0 saturated carbocycles. The molecule has 2 rings (SSSR count). The van der Waals surface area contributed by atoms with Gasteiger partial charge in [-0.2, -0.15) is 0 Å². The zero-order valence-electron chi connectivity index (χ0n) is 7.87. The lowest BCUT2D eigenvalue weighted by atomic mass is 10.2. The summed E-state index contributed by atoms with van der Waals surface area (Å²) in [5.41, 5.74) is -2.28. The summed E-state index contributed by atoms with van der Waals surface area (Å²) in [7, 11) is 0. The Kier molecular flexibility index (Phi) is 3.06. The van der Waals surface area contributed by atoms with E-state index >= 15 is 0 Å². The second-order valence-corrected chi connectivity index (χ2v) is 3.78. The Morgan fingerprint density at radius 1 is 0.933 bits per heavy atom. The number of thioether (sulfide) groups is 1. The number of fused-ring (bicyclic) bond motifs is 1. The van der Waals surface area contributed by atoms with Crippen molar-refractivity contribution in [2.24, 2.45) is 0 Å². The minimum Gasteiger partial charge on any atom is -0.412 e. The maximum absolute atomic E-state index is 11.3. The fourth-order valence-corrected chi connectivity index (χ4v) is 1.82. The van der Waals surface area contributed by atoms with E-state index < -0.39 is 16.3 Å². The van der Waals surface area contributed by atoms with E-state index in [-0.39, 0.29) is 16.2 Å². The SMILES string of the molecule is CSc1ccc2c(=O)c(=O)c(=O)c2c1.O. The van der Waals surface area contributed by atoms with Gasteiger partial charge < -0.3 is 5.48 Å². The van der Waals surface area contributed by atoms with Crippen LogP contribution in [-0.4, -0.2) is 11.7 Å². The summed E-state index contributed by atoms with van der Waals surface area (Å²) < 4.78 is 0. The highest BCUT2D eigenvalue weighted by Gasteiger charge is 2.11. The van der Waals surface area contributed by atoms with Crippen molar-refractivity contribution < 1.29 is 5.48 Å². The normalized spacial score (nSPS) is 10.2. The highest BCUT2D eigenvalue weighted by molar-refractivity contribution is 7.98. The lowest BCUT2D eigenvalue weighted by Gasteiger charge is -1.93. The van der Waals surface area contributed by atoms with E-state index in [1.54, 1.807) is 12.1 Å². The first-order valence-corrected chi connectivity index (χ1v) is 5.19. The molecule has 0 atom stereocenters. The number of benzene rings is 1. The quantitative estimate of drug-likeness (QED) is 0.491. The van der Waals surface area contributed by atoms with Crippen LogP contribution < -0.4 is 16.3 Å². The van der Waals surface area contributed by atoms with Gasteiger partial charge in [0.15, 0.2) is 0 Å². The Morgan fingerprint density at radius 2 is 1.53 bits per heavy atom. The Morgan fingerprint density at radius 3 is 2.13 bits per heavy atom. The van der Waals surface area contributed by atoms with Crippen LogP contribution in [0.5, 0.6) is 0 Å². The molecule has 15 heavy (non-hydrogen) atoms. The zero-order chi connectivity index (χ0) is 10.3. The van der Waals surface area contributed by atoms with Gasteiger partial charge in [0.2, 0.25) is 10.9 Å². The van der Waals surface area contributed by atoms with Crippen LogP contribution in [0.15, 0.2) is 37.5 Å². The van der Waals surface area contributed by atoms with Gasteiger partial charge in [0.05, 0.1) is 0 Å². The molecular formula is C10H8O4S. The second-order valence-electron chi connectivity index (χ2n) is 2.90. The van der Waals surface area contributed by atoms with Gasteiger partial charge in [-0.05, 0) is 24.5 Å². The van der Waals surface area contributed by atoms with Gasteiger partial charge in [-0.3, -0.25) is 14.4 Å². The van der Waals surface area contributed by atoms with Crippen LogP contribution in [0.1, 0.15) is 0 Å². The minimum atomic E-state index is -0.918. The van der Waals surface area contributed by atoms with Crippen molar-refractivity contribution >= 4 is 22.5 Å². The molecule has 0 aromatic heterocycles. The van der Waals surface area contributed by atoms with E-state index in [9.17, 15) is 14.4 Å². The third-order valence-corrected chi connectivity index (χ3v) is 2.85. The van der Waals surface area contributed by atoms with Crippen molar-refractivity contribution in [3.05, 3.63) is 48.9 Å². The number of hydrogen-bond donors (Lipinski definition) is 0. The first-order valence-electron chi connectivity index (χ1n) is 3.96. The molecule has 0 aliphatic rings. The molecule has 5 heteroatoms. The molecular weight excluding hydrogens is 216 g/mol. The van der Waals surface area contributed by atoms with E-state index in [2.05, 4.69) is 0 Å². The van der Waals surface area contributed by atoms with E-state index in [0.29, 0.717) is 0 Å². The largest absolute Gasteiger partial charge is 0.412 e. The molecule has 0 saturated heterocycles. The molecule has 2 N–H and O–H groups in total. The van der Waals surface area contributed by atoms with Gasteiger partial charge in [0.1, 0.15) is 0 Å². The molecule has 2 aromatic rings. The molecule has 0 aliphatic heterocycles. The zero-order valence-corrected chi connectivity index (χ0v) is 8.68. The summed E-state index contributed by atoms with van der Waals surface area (Å²) in [6, 6.07) is 4.85. The first kappa shape index (κ1) is 11.6. The van der Waals surface area contributed by atoms with E-state index in [4.69, 9.17) is 0 Å². The fourth-order valence-electron chi connectivity index (χ4n) is 1.38. The predicted octanol–water partition coefficient (Wildman–Crippen LogP) is -0.307. The monoisotopic (exact) mass is 224 g/mol. The molecule has 0 spiro atoms. The van der Waals surface area contributed by atoms with E-state index in [1.165, 1.54) is 17.8 Å². The smallest absolute Gasteiger partial charge is 0.273 e. The molecule has 0 amide bonds. The Bertz CT molecular complexity index is 638. The molecule has 0 bridgehead atoms. The van der Waals surface area contributed by atoms with Crippen LogP contribution in [0.2, 0.25) is 0 Å². The highest BCUT2D eigenvalue weighted by Crippen LogP contribution is 2.17. The number of hydrogen-bond acceptors (Lipinski definition) is 4. The van der Waals surface area contributed by atoms with Gasteiger partial charge in [-0.25, -0.2) is 0 Å². The summed E-state index contributed by atoms with van der Waals surface area (Å²) in [6.07, 6.45) is 1.87. The highest BCUT2D eigenvalue weighted by atomic mass is 32.2. The van der Waals surface area contributed by atoms with Crippen LogP contribution in [-0.2, 0) is 0 Å². The molecule has 4 nitrogen and oxygen atoms in total. The van der Waals surface area contributed by atoms with Crippen molar-refractivity contribution in [3.63, 3.8) is 0 Å². The molecule has 0 unspecified atom stereocenters. The van der Waals surface area contributed by atoms with Gasteiger partial charge in [0.25, 0.3) is 5.43 Å². The molecule has 0 fully saturated rings. The van der Waals surface area contributed by atoms with Crippen LogP contribution in [0, 0.1) is 0 Å². The maximum Gasteiger partial charge on any atom is 0.273 e. The minimum absolute atomic E-state index is 0. The van der Waals surface area contributed by atoms with Gasteiger partial charge in [-0.15, -0.1) is 11.8 Å². The fraction of sp³-hybridized carbons (Fsp3) is 0.100. The lowest BCUT2D eigenvalue weighted by molar-refractivity contribution is 0.824. The Hall–Kier alpha value is -1.46. The summed E-state index contributed by atoms with van der Waals surface area (Å²) in [5, 5.41) is 0.477. The Labute approximate surface area is 88.6 Å². The van der Waals surface area contributed by atoms with Crippen molar-refractivity contribution in [1.82, 2.24) is 0 Å². The van der Waals surface area contributed by atoms with Crippen molar-refractivity contribution in [2.75, 3.05) is 6.26 Å². The van der Waals surface area contributed by atoms with Crippen LogP contribution in [0.25, 0.3) is 10.8 Å². The molecule has 0 radical (unpaired) electrons. The Balaban J connectivity index is 0.00000112. The summed E-state index contributed by atoms with van der Waals surface area (Å²) >= 11 is 1.46. The van der Waals surface area contributed by atoms with Crippen molar-refractivity contribution in [2.45, 2.75) is 4.90 Å². The second kappa shape index (κ2) is 3.96. The summed E-state index contributed by atoms with van der Waals surface area (Å²) in [4.78, 5) is 34.5. The van der Waals surface area contributed by atoms with Gasteiger partial charge in [-0.1, -0.05) is 0 Å².